The lowest BCUT2D eigenvalue weighted by molar-refractivity contribution is -0.118. The van der Waals surface area contributed by atoms with Crippen molar-refractivity contribution in [1.82, 2.24) is 0 Å². The number of carbonyl (C=O) groups is 1. The summed E-state index contributed by atoms with van der Waals surface area (Å²) in [6, 6.07) is 9.55. The van der Waals surface area contributed by atoms with E-state index in [-0.39, 0.29) is 28.7 Å². The van der Waals surface area contributed by atoms with Crippen molar-refractivity contribution in [2.24, 2.45) is 10.9 Å². The number of nitrogens with zero attached hydrogens (tertiary/aromatic N) is 2. The van der Waals surface area contributed by atoms with Gasteiger partial charge in [-0.05, 0) is 24.5 Å². The lowest BCUT2D eigenvalue weighted by atomic mass is 10.0. The normalized spacial score (nSPS) is 29.4. The number of benzene rings is 1. The summed E-state index contributed by atoms with van der Waals surface area (Å²) in [5, 5.41) is 0.624. The summed E-state index contributed by atoms with van der Waals surface area (Å²) >= 11 is 1.45. The fraction of sp³-hybridized carbons (Fsp3) is 0.579. The molecule has 5 nitrogen and oxygen atoms in total. The smallest absolute Gasteiger partial charge is 0.248 e. The average Bonchev–Trinajstić information content (AvgIpc) is 3.28. The molecule has 2 saturated heterocycles. The van der Waals surface area contributed by atoms with Crippen molar-refractivity contribution in [1.29, 1.82) is 0 Å². The van der Waals surface area contributed by atoms with Crippen molar-refractivity contribution < 1.29 is 13.2 Å². The Morgan fingerprint density at radius 2 is 1.88 bits per heavy atom. The second kappa shape index (κ2) is 7.35. The Bertz CT molecular complexity index is 801. The number of fused-ring (bicyclic) bond motifs is 1. The van der Waals surface area contributed by atoms with Crippen LogP contribution < -0.4 is 4.90 Å². The third-order valence-corrected chi connectivity index (χ3v) is 8.77. The maximum Gasteiger partial charge on any atom is 0.248 e. The van der Waals surface area contributed by atoms with Gasteiger partial charge in [0.1, 0.15) is 0 Å². The van der Waals surface area contributed by atoms with Crippen molar-refractivity contribution in [2.45, 2.75) is 49.8 Å². The van der Waals surface area contributed by atoms with Crippen molar-refractivity contribution in [2.75, 3.05) is 16.4 Å². The zero-order chi connectivity index (χ0) is 18.1. The quantitative estimate of drug-likeness (QED) is 0.787. The Hall–Kier alpha value is -1.34. The van der Waals surface area contributed by atoms with Crippen molar-refractivity contribution >= 4 is 38.4 Å². The fourth-order valence-electron chi connectivity index (χ4n) is 4.24. The predicted molar refractivity (Wildman–Crippen MR) is 106 cm³/mol. The van der Waals surface area contributed by atoms with Crippen molar-refractivity contribution in [3.8, 4) is 0 Å². The van der Waals surface area contributed by atoms with Gasteiger partial charge in [-0.25, -0.2) is 8.42 Å². The van der Waals surface area contributed by atoms with Crippen LogP contribution in [0.4, 0.5) is 5.69 Å². The summed E-state index contributed by atoms with van der Waals surface area (Å²) in [5.41, 5.74) is 0.909. The molecule has 2 atom stereocenters. The maximum atomic E-state index is 12.4. The number of carbonyl (C=O) groups excluding carboxylic acids is 1. The first-order valence-electron chi connectivity index (χ1n) is 9.35. The Morgan fingerprint density at radius 1 is 1.15 bits per heavy atom. The highest BCUT2D eigenvalue weighted by Gasteiger charge is 2.49. The zero-order valence-corrected chi connectivity index (χ0v) is 16.3. The number of rotatable bonds is 4. The van der Waals surface area contributed by atoms with Gasteiger partial charge in [-0.15, -0.1) is 0 Å². The van der Waals surface area contributed by atoms with E-state index < -0.39 is 9.84 Å². The Kier molecular flexibility index (Phi) is 5.10. The Balaban J connectivity index is 1.53. The van der Waals surface area contributed by atoms with Gasteiger partial charge in [0.05, 0.1) is 17.5 Å². The molecule has 0 aromatic heterocycles. The highest BCUT2D eigenvalue weighted by Crippen LogP contribution is 2.41. The van der Waals surface area contributed by atoms with E-state index in [0.29, 0.717) is 17.5 Å². The number of amides is 1. The maximum absolute atomic E-state index is 12.4. The third kappa shape index (κ3) is 3.83. The van der Waals surface area contributed by atoms with Crippen LogP contribution >= 0.6 is 11.8 Å². The minimum atomic E-state index is -3.02. The average molecular weight is 393 g/mol. The van der Waals surface area contributed by atoms with Gasteiger partial charge in [0.2, 0.25) is 5.91 Å². The molecule has 140 valence electrons. The number of anilines is 1. The zero-order valence-electron chi connectivity index (χ0n) is 14.7. The van der Waals surface area contributed by atoms with Crippen LogP contribution in [-0.2, 0) is 14.6 Å². The lowest BCUT2D eigenvalue weighted by Crippen LogP contribution is -2.37. The van der Waals surface area contributed by atoms with E-state index in [1.165, 1.54) is 37.4 Å². The van der Waals surface area contributed by atoms with Gasteiger partial charge >= 0.3 is 0 Å². The van der Waals surface area contributed by atoms with Crippen LogP contribution in [-0.4, -0.2) is 42.3 Å². The fourth-order valence-corrected chi connectivity index (χ4v) is 8.18. The van der Waals surface area contributed by atoms with Gasteiger partial charge < -0.3 is 4.90 Å². The molecule has 4 rings (SSSR count). The molecule has 1 amide bonds. The molecule has 0 N–H and O–H groups in total. The topological polar surface area (TPSA) is 66.8 Å². The van der Waals surface area contributed by atoms with Crippen LogP contribution in [0.1, 0.15) is 38.5 Å². The van der Waals surface area contributed by atoms with Crippen LogP contribution in [0.3, 0.4) is 0 Å². The largest absolute Gasteiger partial charge is 0.316 e. The molecule has 3 fully saturated rings. The van der Waals surface area contributed by atoms with Gasteiger partial charge in [-0.2, -0.15) is 4.99 Å². The number of thioether (sulfide) groups is 1. The molecule has 0 unspecified atom stereocenters. The monoisotopic (exact) mass is 392 g/mol. The van der Waals surface area contributed by atoms with Crippen molar-refractivity contribution in [3.63, 3.8) is 0 Å². The molecule has 0 spiro atoms. The molecule has 0 radical (unpaired) electrons. The highest BCUT2D eigenvalue weighted by molar-refractivity contribution is 8.16. The van der Waals surface area contributed by atoms with Crippen LogP contribution in [0.15, 0.2) is 35.3 Å². The van der Waals surface area contributed by atoms with E-state index in [1.807, 2.05) is 35.2 Å². The molecular formula is C19H24N2O3S2. The number of hydrogen-bond donors (Lipinski definition) is 0. The summed E-state index contributed by atoms with van der Waals surface area (Å²) < 4.78 is 24.1. The summed E-state index contributed by atoms with van der Waals surface area (Å²) in [6.07, 6.45) is 6.44. The Labute approximate surface area is 159 Å². The van der Waals surface area contributed by atoms with E-state index in [9.17, 15) is 13.2 Å². The minimum Gasteiger partial charge on any atom is -0.316 e. The molecule has 0 bridgehead atoms. The summed E-state index contributed by atoms with van der Waals surface area (Å²) in [7, 11) is -3.02. The highest BCUT2D eigenvalue weighted by atomic mass is 32.2. The van der Waals surface area contributed by atoms with Crippen LogP contribution in [0.2, 0.25) is 0 Å². The first-order valence-corrected chi connectivity index (χ1v) is 12.0. The molecule has 1 aromatic carbocycles. The van der Waals surface area contributed by atoms with E-state index >= 15 is 0 Å². The van der Waals surface area contributed by atoms with Gasteiger partial charge in [-0.1, -0.05) is 55.6 Å². The number of aliphatic imine (C=N–C) groups is 1. The first-order chi connectivity index (χ1) is 12.5. The number of para-hydroxylation sites is 1. The summed E-state index contributed by atoms with van der Waals surface area (Å²) in [6.45, 7) is 0. The lowest BCUT2D eigenvalue weighted by Gasteiger charge is -2.24. The molecule has 2 heterocycles. The van der Waals surface area contributed by atoms with E-state index in [0.717, 1.165) is 12.1 Å². The van der Waals surface area contributed by atoms with Crippen LogP contribution in [0.25, 0.3) is 0 Å². The van der Waals surface area contributed by atoms with Crippen molar-refractivity contribution in [3.05, 3.63) is 30.3 Å². The van der Waals surface area contributed by atoms with Gasteiger partial charge in [0.15, 0.2) is 15.0 Å². The molecule has 1 saturated carbocycles. The molecular weight excluding hydrogens is 368 g/mol. The standard InChI is InChI=1S/C19H24N2O3S2/c22-18(11-10-14-6-4-5-7-14)20-19-21(15-8-2-1-3-9-15)16-12-26(23,24)13-17(16)25-19/h1-3,8-9,14,16-17H,4-7,10-13H2/t16-,17+/m0/s1. The van der Waals surface area contributed by atoms with Crippen LogP contribution in [0.5, 0.6) is 0 Å². The molecule has 1 aliphatic carbocycles. The van der Waals surface area contributed by atoms with E-state index in [4.69, 9.17) is 0 Å². The van der Waals surface area contributed by atoms with Crippen LogP contribution in [0, 0.1) is 5.92 Å². The number of amidine groups is 1. The number of sulfone groups is 1. The predicted octanol–water partition coefficient (Wildman–Crippen LogP) is 3.26. The molecule has 3 aliphatic rings. The minimum absolute atomic E-state index is 0.0402. The van der Waals surface area contributed by atoms with E-state index in [1.54, 1.807) is 0 Å². The second-order valence-electron chi connectivity index (χ2n) is 7.48. The molecule has 1 aromatic rings. The molecule has 2 aliphatic heterocycles. The first kappa shape index (κ1) is 18.0. The summed E-state index contributed by atoms with van der Waals surface area (Å²) in [4.78, 5) is 18.8. The van der Waals surface area contributed by atoms with Gasteiger partial charge in [0.25, 0.3) is 0 Å². The third-order valence-electron chi connectivity index (χ3n) is 5.56. The SMILES string of the molecule is O=C(CCC1CCCC1)N=C1S[C@@H]2CS(=O)(=O)C[C@@H]2N1c1ccccc1. The van der Waals surface area contributed by atoms with Gasteiger partial charge in [-0.3, -0.25) is 4.79 Å². The molecule has 7 heteroatoms. The summed E-state index contributed by atoms with van der Waals surface area (Å²) in [5.74, 6) is 0.892. The van der Waals surface area contributed by atoms with Gasteiger partial charge in [0, 0.05) is 17.4 Å². The second-order valence-corrected chi connectivity index (χ2v) is 10.8. The molecule has 26 heavy (non-hydrogen) atoms. The van der Waals surface area contributed by atoms with E-state index in [2.05, 4.69) is 4.99 Å². The number of hydrogen-bond acceptors (Lipinski definition) is 4. The Morgan fingerprint density at radius 3 is 2.62 bits per heavy atom.